The number of thiophene rings is 1. The number of anilines is 1. The van der Waals surface area contributed by atoms with Crippen LogP contribution in [0.3, 0.4) is 0 Å². The van der Waals surface area contributed by atoms with Gasteiger partial charge >= 0.3 is 0 Å². The molecule has 3 rings (SSSR count). The molecule has 20 heavy (non-hydrogen) atoms. The lowest BCUT2D eigenvalue weighted by Crippen LogP contribution is -2.36. The first-order chi connectivity index (χ1) is 9.74. The number of hydrogen-bond acceptors (Lipinski definition) is 3. The minimum absolute atomic E-state index is 0.560. The zero-order valence-corrected chi connectivity index (χ0v) is 13.0. The summed E-state index contributed by atoms with van der Waals surface area (Å²) in [7, 11) is 0. The lowest BCUT2D eigenvalue weighted by molar-refractivity contribution is 0.208. The van der Waals surface area contributed by atoms with Gasteiger partial charge < -0.3 is 5.32 Å². The topological polar surface area (TPSA) is 15.3 Å². The Morgan fingerprint density at radius 1 is 1.35 bits per heavy atom. The lowest BCUT2D eigenvalue weighted by atomic mass is 10.0. The van der Waals surface area contributed by atoms with Crippen molar-refractivity contribution < 1.29 is 0 Å². The summed E-state index contributed by atoms with van der Waals surface area (Å²) < 4.78 is 0. The van der Waals surface area contributed by atoms with Crippen molar-refractivity contribution in [1.29, 1.82) is 0 Å². The average Bonchev–Trinajstić information content (AvgIpc) is 2.91. The predicted molar refractivity (Wildman–Crippen MR) is 87.7 cm³/mol. The van der Waals surface area contributed by atoms with Crippen molar-refractivity contribution in [3.63, 3.8) is 0 Å². The molecule has 1 unspecified atom stereocenters. The van der Waals surface area contributed by atoms with Crippen LogP contribution in [0.1, 0.15) is 29.0 Å². The number of fused-ring (bicyclic) bond motifs is 1. The fraction of sp³-hybridized carbons (Fsp3) is 0.412. The summed E-state index contributed by atoms with van der Waals surface area (Å²) >= 11 is 1.91. The zero-order chi connectivity index (χ0) is 13.9. The van der Waals surface area contributed by atoms with Crippen LogP contribution < -0.4 is 5.32 Å². The van der Waals surface area contributed by atoms with Crippen molar-refractivity contribution in [3.8, 4) is 0 Å². The van der Waals surface area contributed by atoms with Gasteiger partial charge in [0.05, 0.1) is 0 Å². The van der Waals surface area contributed by atoms with E-state index in [1.165, 1.54) is 29.8 Å². The van der Waals surface area contributed by atoms with Crippen LogP contribution in [-0.2, 0) is 6.42 Å². The number of nitrogens with one attached hydrogen (secondary N) is 1. The Hall–Kier alpha value is -1.32. The summed E-state index contributed by atoms with van der Waals surface area (Å²) in [6.45, 7) is 7.76. The van der Waals surface area contributed by atoms with E-state index < -0.39 is 0 Å². The van der Waals surface area contributed by atoms with E-state index in [1.54, 1.807) is 4.88 Å². The van der Waals surface area contributed by atoms with Crippen LogP contribution in [-0.4, -0.2) is 24.5 Å². The van der Waals surface area contributed by atoms with Crippen LogP contribution in [0, 0.1) is 6.92 Å². The minimum Gasteiger partial charge on any atom is -0.384 e. The van der Waals surface area contributed by atoms with Gasteiger partial charge in [-0.1, -0.05) is 12.1 Å². The molecule has 2 heterocycles. The summed E-state index contributed by atoms with van der Waals surface area (Å²) in [6, 6.07) is 11.4. The van der Waals surface area contributed by atoms with E-state index in [9.17, 15) is 0 Å². The largest absolute Gasteiger partial charge is 0.384 e. The van der Waals surface area contributed by atoms with Crippen LogP contribution in [0.15, 0.2) is 35.7 Å². The third-order valence-electron chi connectivity index (χ3n) is 4.15. The number of rotatable bonds is 4. The summed E-state index contributed by atoms with van der Waals surface area (Å²) in [6.07, 6.45) is 1.21. The van der Waals surface area contributed by atoms with Gasteiger partial charge in [0.1, 0.15) is 0 Å². The summed E-state index contributed by atoms with van der Waals surface area (Å²) in [5.41, 5.74) is 4.08. The molecule has 1 aromatic carbocycles. The molecule has 0 spiro atoms. The van der Waals surface area contributed by atoms with Gasteiger partial charge in [0.25, 0.3) is 0 Å². The highest BCUT2D eigenvalue weighted by atomic mass is 32.1. The van der Waals surface area contributed by atoms with E-state index in [0.717, 1.165) is 13.1 Å². The molecular formula is C17H22N2S. The van der Waals surface area contributed by atoms with E-state index >= 15 is 0 Å². The maximum atomic E-state index is 3.53. The van der Waals surface area contributed by atoms with E-state index in [0.29, 0.717) is 6.04 Å². The van der Waals surface area contributed by atoms with Crippen LogP contribution in [0.2, 0.25) is 0 Å². The third-order valence-corrected chi connectivity index (χ3v) is 5.15. The van der Waals surface area contributed by atoms with Crippen molar-refractivity contribution in [2.45, 2.75) is 26.3 Å². The summed E-state index contributed by atoms with van der Waals surface area (Å²) in [5.74, 6) is 0. The van der Waals surface area contributed by atoms with E-state index in [2.05, 4.69) is 59.8 Å². The molecule has 0 saturated heterocycles. The van der Waals surface area contributed by atoms with Crippen LogP contribution in [0.5, 0.6) is 0 Å². The van der Waals surface area contributed by atoms with Gasteiger partial charge in [-0.3, -0.25) is 4.90 Å². The molecule has 1 atom stereocenters. The molecule has 1 aliphatic heterocycles. The predicted octanol–water partition coefficient (Wildman–Crippen LogP) is 4.09. The fourth-order valence-corrected chi connectivity index (χ4v) is 3.93. The van der Waals surface area contributed by atoms with Crippen molar-refractivity contribution in [3.05, 3.63) is 51.7 Å². The van der Waals surface area contributed by atoms with Crippen molar-refractivity contribution >= 4 is 17.0 Å². The number of aryl methyl sites for hydroxylation is 1. The number of benzene rings is 1. The summed E-state index contributed by atoms with van der Waals surface area (Å²) in [5, 5.41) is 5.76. The molecule has 1 aliphatic rings. The second kappa shape index (κ2) is 5.98. The van der Waals surface area contributed by atoms with Gasteiger partial charge in [0.15, 0.2) is 0 Å². The SMILES string of the molecule is Cc1cccc(NCCN2CCc3sccc3C2C)c1. The Kier molecular flexibility index (Phi) is 4.08. The maximum Gasteiger partial charge on any atom is 0.0343 e. The first-order valence-electron chi connectivity index (χ1n) is 7.35. The van der Waals surface area contributed by atoms with E-state index in [4.69, 9.17) is 0 Å². The Morgan fingerprint density at radius 3 is 3.10 bits per heavy atom. The van der Waals surface area contributed by atoms with Gasteiger partial charge in [-0.15, -0.1) is 11.3 Å². The quantitative estimate of drug-likeness (QED) is 0.911. The highest BCUT2D eigenvalue weighted by molar-refractivity contribution is 7.10. The molecule has 0 amide bonds. The molecule has 1 aromatic heterocycles. The lowest BCUT2D eigenvalue weighted by Gasteiger charge is -2.33. The van der Waals surface area contributed by atoms with Gasteiger partial charge in [0, 0.05) is 36.2 Å². The molecule has 1 N–H and O–H groups in total. The minimum atomic E-state index is 0.560. The molecule has 2 nitrogen and oxygen atoms in total. The van der Waals surface area contributed by atoms with Gasteiger partial charge in [-0.2, -0.15) is 0 Å². The van der Waals surface area contributed by atoms with Gasteiger partial charge in [-0.05, 0) is 55.0 Å². The summed E-state index contributed by atoms with van der Waals surface area (Å²) in [4.78, 5) is 4.16. The Labute approximate surface area is 125 Å². The van der Waals surface area contributed by atoms with Crippen LogP contribution in [0.4, 0.5) is 5.69 Å². The van der Waals surface area contributed by atoms with Crippen LogP contribution >= 0.6 is 11.3 Å². The standard InChI is InChI=1S/C17H22N2S/c1-13-4-3-5-15(12-13)18-8-10-19-9-6-17-16(14(19)2)7-11-20-17/h3-5,7,11-12,14,18H,6,8-10H2,1-2H3. The maximum absolute atomic E-state index is 3.53. The fourth-order valence-electron chi connectivity index (χ4n) is 2.97. The van der Waals surface area contributed by atoms with Crippen LogP contribution in [0.25, 0.3) is 0 Å². The third kappa shape index (κ3) is 2.89. The highest BCUT2D eigenvalue weighted by Crippen LogP contribution is 2.32. The molecule has 0 fully saturated rings. The van der Waals surface area contributed by atoms with Gasteiger partial charge in [0.2, 0.25) is 0 Å². The first kappa shape index (κ1) is 13.7. The molecule has 106 valence electrons. The molecule has 0 bridgehead atoms. The molecule has 2 aromatic rings. The van der Waals surface area contributed by atoms with Crippen molar-refractivity contribution in [1.82, 2.24) is 4.90 Å². The van der Waals surface area contributed by atoms with Gasteiger partial charge in [-0.25, -0.2) is 0 Å². The molecule has 0 aliphatic carbocycles. The van der Waals surface area contributed by atoms with Crippen molar-refractivity contribution in [2.75, 3.05) is 25.0 Å². The highest BCUT2D eigenvalue weighted by Gasteiger charge is 2.23. The second-order valence-electron chi connectivity index (χ2n) is 5.56. The molecular weight excluding hydrogens is 264 g/mol. The second-order valence-corrected chi connectivity index (χ2v) is 6.56. The van der Waals surface area contributed by atoms with Crippen molar-refractivity contribution in [2.24, 2.45) is 0 Å². The Bertz CT molecular complexity index is 576. The number of hydrogen-bond donors (Lipinski definition) is 1. The molecule has 0 radical (unpaired) electrons. The normalized spacial score (nSPS) is 18.8. The zero-order valence-electron chi connectivity index (χ0n) is 12.2. The average molecular weight is 286 g/mol. The monoisotopic (exact) mass is 286 g/mol. The first-order valence-corrected chi connectivity index (χ1v) is 8.23. The Morgan fingerprint density at radius 2 is 2.25 bits per heavy atom. The molecule has 3 heteroatoms. The molecule has 0 saturated carbocycles. The number of nitrogens with zero attached hydrogens (tertiary/aromatic N) is 1. The Balaban J connectivity index is 1.55. The smallest absolute Gasteiger partial charge is 0.0343 e. The van der Waals surface area contributed by atoms with E-state index in [1.807, 2.05) is 11.3 Å². The van der Waals surface area contributed by atoms with E-state index in [-0.39, 0.29) is 0 Å².